The van der Waals surface area contributed by atoms with Gasteiger partial charge >= 0.3 is 0 Å². The first-order chi connectivity index (χ1) is 10.2. The van der Waals surface area contributed by atoms with Crippen molar-refractivity contribution in [1.29, 1.82) is 0 Å². The molecule has 0 atom stereocenters. The Kier molecular flexibility index (Phi) is 6.26. The fraction of sp³-hybridized carbons (Fsp3) is 0.533. The smallest absolute Gasteiger partial charge is 0.162 e. The van der Waals surface area contributed by atoms with E-state index in [4.69, 9.17) is 26.4 Å². The van der Waals surface area contributed by atoms with Crippen molar-refractivity contribution in [2.45, 2.75) is 13.8 Å². The standard InChI is InChI=1S/C15H20BrNO3S/c1-3-19-13-9-11(12(16)10-14(13)20-4-2)15(21)17-5-7-18-8-6-17/h9-10H,3-8H2,1-2H3. The second-order valence-corrected chi connectivity index (χ2v) is 5.79. The van der Waals surface area contributed by atoms with Gasteiger partial charge in [0.15, 0.2) is 11.5 Å². The molecule has 1 heterocycles. The maximum Gasteiger partial charge on any atom is 0.162 e. The van der Waals surface area contributed by atoms with Crippen LogP contribution >= 0.6 is 28.1 Å². The first-order valence-corrected chi connectivity index (χ1v) is 8.33. The van der Waals surface area contributed by atoms with E-state index in [-0.39, 0.29) is 0 Å². The van der Waals surface area contributed by atoms with Crippen LogP contribution in [0.15, 0.2) is 16.6 Å². The quantitative estimate of drug-likeness (QED) is 0.739. The Bertz CT molecular complexity index is 504. The van der Waals surface area contributed by atoms with Crippen LogP contribution in [0.2, 0.25) is 0 Å². The molecule has 6 heteroatoms. The predicted molar refractivity (Wildman–Crippen MR) is 90.6 cm³/mol. The number of nitrogens with zero attached hydrogens (tertiary/aromatic N) is 1. The van der Waals surface area contributed by atoms with Gasteiger partial charge in [-0.3, -0.25) is 0 Å². The molecular formula is C15H20BrNO3S. The van der Waals surface area contributed by atoms with Crippen LogP contribution in [0.3, 0.4) is 0 Å². The van der Waals surface area contributed by atoms with Gasteiger partial charge in [-0.05, 0) is 41.9 Å². The Labute approximate surface area is 139 Å². The highest BCUT2D eigenvalue weighted by Gasteiger charge is 2.19. The van der Waals surface area contributed by atoms with E-state index in [0.29, 0.717) is 26.4 Å². The summed E-state index contributed by atoms with van der Waals surface area (Å²) in [6.45, 7) is 8.17. The van der Waals surface area contributed by atoms with E-state index in [1.165, 1.54) is 0 Å². The third kappa shape index (κ3) is 4.08. The first kappa shape index (κ1) is 16.5. The zero-order chi connectivity index (χ0) is 15.2. The van der Waals surface area contributed by atoms with Gasteiger partial charge in [0.25, 0.3) is 0 Å². The zero-order valence-electron chi connectivity index (χ0n) is 12.4. The highest BCUT2D eigenvalue weighted by molar-refractivity contribution is 9.10. The molecule has 1 saturated heterocycles. The van der Waals surface area contributed by atoms with Crippen molar-refractivity contribution in [3.05, 3.63) is 22.2 Å². The van der Waals surface area contributed by atoms with Gasteiger partial charge in [0.2, 0.25) is 0 Å². The first-order valence-electron chi connectivity index (χ1n) is 7.13. The van der Waals surface area contributed by atoms with Crippen molar-refractivity contribution in [1.82, 2.24) is 4.90 Å². The Balaban J connectivity index is 2.29. The summed E-state index contributed by atoms with van der Waals surface area (Å²) in [5.74, 6) is 1.47. The normalized spacial score (nSPS) is 14.9. The van der Waals surface area contributed by atoms with Gasteiger partial charge in [-0.25, -0.2) is 0 Å². The van der Waals surface area contributed by atoms with E-state index < -0.39 is 0 Å². The molecular weight excluding hydrogens is 354 g/mol. The molecule has 0 spiro atoms. The molecule has 0 radical (unpaired) electrons. The molecule has 116 valence electrons. The molecule has 0 saturated carbocycles. The van der Waals surface area contributed by atoms with Gasteiger partial charge in [-0.15, -0.1) is 0 Å². The molecule has 2 rings (SSSR count). The van der Waals surface area contributed by atoms with Crippen LogP contribution in [-0.4, -0.2) is 49.4 Å². The summed E-state index contributed by atoms with van der Waals surface area (Å²) in [4.78, 5) is 2.98. The van der Waals surface area contributed by atoms with Crippen LogP contribution < -0.4 is 9.47 Å². The zero-order valence-corrected chi connectivity index (χ0v) is 14.8. The summed E-state index contributed by atoms with van der Waals surface area (Å²) in [7, 11) is 0. The molecule has 4 nitrogen and oxygen atoms in total. The Morgan fingerprint density at radius 1 is 1.19 bits per heavy atom. The molecule has 0 unspecified atom stereocenters. The molecule has 0 bridgehead atoms. The number of thiocarbonyl (C=S) groups is 1. The van der Waals surface area contributed by atoms with Gasteiger partial charge < -0.3 is 19.1 Å². The van der Waals surface area contributed by atoms with Gasteiger partial charge in [0.1, 0.15) is 4.99 Å². The topological polar surface area (TPSA) is 30.9 Å². The summed E-state index contributed by atoms with van der Waals surface area (Å²) in [6, 6.07) is 3.88. The van der Waals surface area contributed by atoms with Gasteiger partial charge in [-0.1, -0.05) is 12.2 Å². The Hall–Kier alpha value is -0.850. The molecule has 0 N–H and O–H groups in total. The summed E-state index contributed by atoms with van der Waals surface area (Å²) in [5, 5.41) is 0. The molecule has 21 heavy (non-hydrogen) atoms. The van der Waals surface area contributed by atoms with E-state index in [2.05, 4.69) is 20.8 Å². The summed E-state index contributed by atoms with van der Waals surface area (Å²) >= 11 is 9.21. The van der Waals surface area contributed by atoms with E-state index in [0.717, 1.165) is 39.6 Å². The van der Waals surface area contributed by atoms with E-state index in [1.807, 2.05) is 26.0 Å². The lowest BCUT2D eigenvalue weighted by Gasteiger charge is -2.30. The van der Waals surface area contributed by atoms with E-state index in [9.17, 15) is 0 Å². The highest BCUT2D eigenvalue weighted by Crippen LogP contribution is 2.34. The van der Waals surface area contributed by atoms with Crippen LogP contribution in [0.4, 0.5) is 0 Å². The SMILES string of the molecule is CCOc1cc(Br)c(C(=S)N2CCOCC2)cc1OCC. The maximum absolute atomic E-state index is 5.67. The molecule has 1 aliphatic rings. The van der Waals surface area contributed by atoms with Crippen molar-refractivity contribution in [3.8, 4) is 11.5 Å². The highest BCUT2D eigenvalue weighted by atomic mass is 79.9. The number of hydrogen-bond donors (Lipinski definition) is 0. The van der Waals surface area contributed by atoms with Crippen LogP contribution in [0.5, 0.6) is 11.5 Å². The fourth-order valence-electron chi connectivity index (χ4n) is 2.17. The Morgan fingerprint density at radius 3 is 2.33 bits per heavy atom. The lowest BCUT2D eigenvalue weighted by Crippen LogP contribution is -2.40. The maximum atomic E-state index is 5.67. The molecule has 1 aromatic rings. The second kappa shape index (κ2) is 7.96. The average Bonchev–Trinajstić information content (AvgIpc) is 2.50. The number of morpholine rings is 1. The van der Waals surface area contributed by atoms with Crippen molar-refractivity contribution in [2.75, 3.05) is 39.5 Å². The molecule has 1 fully saturated rings. The summed E-state index contributed by atoms with van der Waals surface area (Å²) < 4.78 is 17.6. The van der Waals surface area contributed by atoms with Gasteiger partial charge in [-0.2, -0.15) is 0 Å². The van der Waals surface area contributed by atoms with Crippen LogP contribution in [0, 0.1) is 0 Å². The predicted octanol–water partition coefficient (Wildman–Crippen LogP) is 3.25. The number of ether oxygens (including phenoxy) is 3. The third-order valence-electron chi connectivity index (χ3n) is 3.16. The minimum atomic E-state index is 0.589. The molecule has 0 aromatic heterocycles. The monoisotopic (exact) mass is 373 g/mol. The van der Waals surface area contributed by atoms with Crippen LogP contribution in [-0.2, 0) is 4.74 Å². The average molecular weight is 374 g/mol. The fourth-order valence-corrected chi connectivity index (χ4v) is 3.17. The number of rotatable bonds is 5. The van der Waals surface area contributed by atoms with Gasteiger partial charge in [0, 0.05) is 23.1 Å². The summed E-state index contributed by atoms with van der Waals surface area (Å²) in [6.07, 6.45) is 0. The van der Waals surface area contributed by atoms with E-state index in [1.54, 1.807) is 0 Å². The second-order valence-electron chi connectivity index (χ2n) is 4.55. The molecule has 0 amide bonds. The van der Waals surface area contributed by atoms with E-state index >= 15 is 0 Å². The van der Waals surface area contributed by atoms with Crippen molar-refractivity contribution in [2.24, 2.45) is 0 Å². The lowest BCUT2D eigenvalue weighted by molar-refractivity contribution is 0.0692. The third-order valence-corrected chi connectivity index (χ3v) is 4.30. The molecule has 1 aliphatic heterocycles. The van der Waals surface area contributed by atoms with Crippen molar-refractivity contribution < 1.29 is 14.2 Å². The minimum absolute atomic E-state index is 0.589. The van der Waals surface area contributed by atoms with Crippen LogP contribution in [0.25, 0.3) is 0 Å². The van der Waals surface area contributed by atoms with Crippen LogP contribution in [0.1, 0.15) is 19.4 Å². The summed E-state index contributed by atoms with van der Waals surface area (Å²) in [5.41, 5.74) is 0.957. The number of hydrogen-bond acceptors (Lipinski definition) is 4. The number of halogens is 1. The number of benzene rings is 1. The minimum Gasteiger partial charge on any atom is -0.490 e. The Morgan fingerprint density at radius 2 is 1.76 bits per heavy atom. The van der Waals surface area contributed by atoms with Gasteiger partial charge in [0.05, 0.1) is 26.4 Å². The largest absolute Gasteiger partial charge is 0.490 e. The lowest BCUT2D eigenvalue weighted by atomic mass is 10.1. The molecule has 0 aliphatic carbocycles. The van der Waals surface area contributed by atoms with Crippen molar-refractivity contribution >= 4 is 33.1 Å². The van der Waals surface area contributed by atoms with Crippen molar-refractivity contribution in [3.63, 3.8) is 0 Å². The molecule has 1 aromatic carbocycles.